The van der Waals surface area contributed by atoms with Gasteiger partial charge in [-0.15, -0.1) is 0 Å². The lowest BCUT2D eigenvalue weighted by molar-refractivity contribution is 0.340. The van der Waals surface area contributed by atoms with Gasteiger partial charge in [0.2, 0.25) is 0 Å². The Morgan fingerprint density at radius 1 is 1.04 bits per heavy atom. The lowest BCUT2D eigenvalue weighted by atomic mass is 10.3. The van der Waals surface area contributed by atoms with E-state index in [0.29, 0.717) is 28.3 Å². The third-order valence-corrected chi connectivity index (χ3v) is 5.16. The number of rotatable bonds is 7. The first-order valence-corrected chi connectivity index (χ1v) is 9.36. The fourth-order valence-electron chi connectivity index (χ4n) is 2.03. The normalized spacial score (nSPS) is 11.0. The molecule has 0 saturated carbocycles. The minimum Gasteiger partial charge on any atom is -0.495 e. The molecule has 2 aromatic rings. The van der Waals surface area contributed by atoms with Crippen LogP contribution in [0.1, 0.15) is 6.92 Å². The van der Waals surface area contributed by atoms with Crippen molar-refractivity contribution >= 4 is 31.6 Å². The summed E-state index contributed by atoms with van der Waals surface area (Å²) in [6.45, 7) is 2.37. The van der Waals surface area contributed by atoms with Crippen LogP contribution in [-0.2, 0) is 10.0 Å². The molecule has 0 aliphatic rings. The lowest BCUT2D eigenvalue weighted by Crippen LogP contribution is -2.13. The Hall–Kier alpha value is -1.93. The molecule has 0 atom stereocenters. The zero-order valence-electron chi connectivity index (χ0n) is 13.5. The van der Waals surface area contributed by atoms with Gasteiger partial charge >= 0.3 is 0 Å². The van der Waals surface area contributed by atoms with Crippen molar-refractivity contribution in [3.8, 4) is 17.2 Å². The maximum absolute atomic E-state index is 12.6. The van der Waals surface area contributed by atoms with Crippen molar-refractivity contribution in [1.29, 1.82) is 0 Å². The van der Waals surface area contributed by atoms with E-state index in [1.807, 2.05) is 6.92 Å². The minimum atomic E-state index is -3.77. The first-order valence-electron chi connectivity index (χ1n) is 7.08. The van der Waals surface area contributed by atoms with E-state index in [-0.39, 0.29) is 10.6 Å². The fraction of sp³-hybridized carbons (Fsp3) is 0.250. The van der Waals surface area contributed by atoms with Crippen LogP contribution >= 0.6 is 15.9 Å². The second-order valence-corrected chi connectivity index (χ2v) is 7.23. The number of anilines is 1. The molecule has 2 aromatic carbocycles. The standard InChI is InChI=1S/C16H18BrNO5S/c1-4-23-11-5-7-12(8-6-11)24(19,20)18-14-10-15(21-2)13(17)9-16(14)22-3/h5-10,18H,4H2,1-3H3. The first kappa shape index (κ1) is 18.4. The van der Waals surface area contributed by atoms with Gasteiger partial charge in [-0.1, -0.05) is 0 Å². The summed E-state index contributed by atoms with van der Waals surface area (Å²) in [5.74, 6) is 1.47. The van der Waals surface area contributed by atoms with Crippen LogP contribution in [0.2, 0.25) is 0 Å². The Morgan fingerprint density at radius 3 is 2.21 bits per heavy atom. The minimum absolute atomic E-state index is 0.120. The number of ether oxygens (including phenoxy) is 3. The Morgan fingerprint density at radius 2 is 1.67 bits per heavy atom. The molecule has 2 rings (SSSR count). The van der Waals surface area contributed by atoms with Gasteiger partial charge in [-0.2, -0.15) is 0 Å². The topological polar surface area (TPSA) is 73.9 Å². The smallest absolute Gasteiger partial charge is 0.262 e. The Balaban J connectivity index is 2.34. The third-order valence-electron chi connectivity index (χ3n) is 3.16. The summed E-state index contributed by atoms with van der Waals surface area (Å²) in [6.07, 6.45) is 0. The number of halogens is 1. The van der Waals surface area contributed by atoms with E-state index in [9.17, 15) is 8.42 Å². The molecular formula is C16H18BrNO5S. The summed E-state index contributed by atoms with van der Waals surface area (Å²) in [4.78, 5) is 0.120. The van der Waals surface area contributed by atoms with Gasteiger partial charge < -0.3 is 14.2 Å². The summed E-state index contributed by atoms with van der Waals surface area (Å²) >= 11 is 3.33. The van der Waals surface area contributed by atoms with Crippen LogP contribution in [0.4, 0.5) is 5.69 Å². The van der Waals surface area contributed by atoms with Crippen molar-refractivity contribution in [3.05, 3.63) is 40.9 Å². The predicted octanol–water partition coefficient (Wildman–Crippen LogP) is 3.67. The Bertz CT molecular complexity index is 806. The highest BCUT2D eigenvalue weighted by atomic mass is 79.9. The Kier molecular flexibility index (Phi) is 5.95. The maximum Gasteiger partial charge on any atom is 0.262 e. The van der Waals surface area contributed by atoms with E-state index >= 15 is 0 Å². The molecule has 0 spiro atoms. The van der Waals surface area contributed by atoms with Gasteiger partial charge in [0.25, 0.3) is 10.0 Å². The second-order valence-electron chi connectivity index (χ2n) is 4.70. The summed E-state index contributed by atoms with van der Waals surface area (Å²) < 4.78 is 44.0. The van der Waals surface area contributed by atoms with Crippen molar-refractivity contribution < 1.29 is 22.6 Å². The fourth-order valence-corrected chi connectivity index (χ4v) is 3.57. The quantitative estimate of drug-likeness (QED) is 0.746. The van der Waals surface area contributed by atoms with Crippen LogP contribution < -0.4 is 18.9 Å². The molecule has 1 N–H and O–H groups in total. The van der Waals surface area contributed by atoms with Crippen molar-refractivity contribution in [3.63, 3.8) is 0 Å². The largest absolute Gasteiger partial charge is 0.495 e. The van der Waals surface area contributed by atoms with Crippen molar-refractivity contribution in [2.45, 2.75) is 11.8 Å². The molecule has 0 aliphatic carbocycles. The molecular weight excluding hydrogens is 398 g/mol. The number of hydrogen-bond acceptors (Lipinski definition) is 5. The lowest BCUT2D eigenvalue weighted by Gasteiger charge is -2.14. The van der Waals surface area contributed by atoms with Gasteiger partial charge in [0.1, 0.15) is 17.2 Å². The number of hydrogen-bond donors (Lipinski definition) is 1. The van der Waals surface area contributed by atoms with Crippen LogP contribution in [0, 0.1) is 0 Å². The average molecular weight is 416 g/mol. The number of sulfonamides is 1. The third kappa shape index (κ3) is 4.12. The van der Waals surface area contributed by atoms with E-state index in [4.69, 9.17) is 14.2 Å². The monoisotopic (exact) mass is 415 g/mol. The molecule has 0 bridgehead atoms. The number of methoxy groups -OCH3 is 2. The molecule has 6 nitrogen and oxygen atoms in total. The molecule has 0 radical (unpaired) electrons. The summed E-state index contributed by atoms with van der Waals surface area (Å²) in [5.41, 5.74) is 0.284. The summed E-state index contributed by atoms with van der Waals surface area (Å²) in [5, 5.41) is 0. The Labute approximate surface area is 149 Å². The molecule has 24 heavy (non-hydrogen) atoms. The van der Waals surface area contributed by atoms with E-state index in [1.54, 1.807) is 24.3 Å². The summed E-state index contributed by atoms with van der Waals surface area (Å²) in [6, 6.07) is 9.37. The molecule has 8 heteroatoms. The van der Waals surface area contributed by atoms with Gasteiger partial charge in [0.15, 0.2) is 0 Å². The molecule has 130 valence electrons. The van der Waals surface area contributed by atoms with Crippen molar-refractivity contribution in [2.24, 2.45) is 0 Å². The van der Waals surface area contributed by atoms with Gasteiger partial charge in [-0.25, -0.2) is 8.42 Å². The van der Waals surface area contributed by atoms with Crippen LogP contribution in [0.25, 0.3) is 0 Å². The highest BCUT2D eigenvalue weighted by molar-refractivity contribution is 9.10. The molecule has 0 fully saturated rings. The number of nitrogens with one attached hydrogen (secondary N) is 1. The first-order chi connectivity index (χ1) is 11.4. The van der Waals surface area contributed by atoms with Gasteiger partial charge in [0, 0.05) is 12.1 Å². The van der Waals surface area contributed by atoms with Crippen molar-refractivity contribution in [2.75, 3.05) is 25.5 Å². The van der Waals surface area contributed by atoms with E-state index in [0.717, 1.165) is 0 Å². The van der Waals surface area contributed by atoms with Gasteiger partial charge in [-0.05, 0) is 47.1 Å². The molecule has 0 unspecified atom stereocenters. The highest BCUT2D eigenvalue weighted by Crippen LogP contribution is 2.37. The van der Waals surface area contributed by atoms with E-state index in [2.05, 4.69) is 20.7 Å². The van der Waals surface area contributed by atoms with Crippen LogP contribution in [0.3, 0.4) is 0 Å². The molecule has 0 saturated heterocycles. The van der Waals surface area contributed by atoms with E-state index < -0.39 is 10.0 Å². The van der Waals surface area contributed by atoms with Crippen molar-refractivity contribution in [1.82, 2.24) is 0 Å². The maximum atomic E-state index is 12.6. The summed E-state index contributed by atoms with van der Waals surface area (Å²) in [7, 11) is -0.813. The average Bonchev–Trinajstić information content (AvgIpc) is 2.56. The zero-order valence-corrected chi connectivity index (χ0v) is 15.9. The van der Waals surface area contributed by atoms with Crippen LogP contribution in [0.15, 0.2) is 45.8 Å². The zero-order chi connectivity index (χ0) is 17.7. The van der Waals surface area contributed by atoms with E-state index in [1.165, 1.54) is 26.4 Å². The van der Waals surface area contributed by atoms with Gasteiger partial charge in [-0.3, -0.25) is 4.72 Å². The van der Waals surface area contributed by atoms with Crippen LogP contribution in [0.5, 0.6) is 17.2 Å². The SMILES string of the molecule is CCOc1ccc(S(=O)(=O)Nc2cc(OC)c(Br)cc2OC)cc1. The molecule has 0 aliphatic heterocycles. The molecule has 0 aromatic heterocycles. The van der Waals surface area contributed by atoms with Gasteiger partial charge in [0.05, 0.1) is 35.9 Å². The molecule has 0 heterocycles. The molecule has 0 amide bonds. The predicted molar refractivity (Wildman–Crippen MR) is 95.7 cm³/mol. The number of benzene rings is 2. The highest BCUT2D eigenvalue weighted by Gasteiger charge is 2.18. The van der Waals surface area contributed by atoms with Crippen LogP contribution in [-0.4, -0.2) is 29.2 Å². The second kappa shape index (κ2) is 7.76.